The Balaban J connectivity index is 1.80. The summed E-state index contributed by atoms with van der Waals surface area (Å²) >= 11 is 0. The minimum absolute atomic E-state index is 0.0969. The second-order valence-electron chi connectivity index (χ2n) is 7.20. The van der Waals surface area contributed by atoms with Gasteiger partial charge < -0.3 is 9.15 Å². The molecule has 2 heterocycles. The van der Waals surface area contributed by atoms with Gasteiger partial charge in [0.25, 0.3) is 0 Å². The standard InChI is InChI=1S/C19H29N3O5S/c1-4-14(5-2)17(22-8-10-26-11-9-22)13-20-28(24,25)15-6-7-16-18(12-15)27-19(23)21(16)3/h6-7,12,14,17,20H,4-5,8-11,13H2,1-3H3. The van der Waals surface area contributed by atoms with E-state index in [-0.39, 0.29) is 16.5 Å². The van der Waals surface area contributed by atoms with Crippen LogP contribution in [0.15, 0.2) is 32.3 Å². The Morgan fingerprint density at radius 1 is 1.18 bits per heavy atom. The smallest absolute Gasteiger partial charge is 0.408 e. The van der Waals surface area contributed by atoms with Gasteiger partial charge in [-0.15, -0.1) is 0 Å². The van der Waals surface area contributed by atoms with Crippen LogP contribution < -0.4 is 10.5 Å². The second-order valence-corrected chi connectivity index (χ2v) is 8.97. The normalized spacial score (nSPS) is 17.4. The van der Waals surface area contributed by atoms with Crippen molar-refractivity contribution in [2.75, 3.05) is 32.8 Å². The quantitative estimate of drug-likeness (QED) is 0.708. The van der Waals surface area contributed by atoms with Crippen molar-refractivity contribution in [1.29, 1.82) is 0 Å². The Bertz CT molecular complexity index is 956. The zero-order valence-corrected chi connectivity index (χ0v) is 17.5. The fourth-order valence-electron chi connectivity index (χ4n) is 3.90. The zero-order chi connectivity index (χ0) is 20.3. The van der Waals surface area contributed by atoms with E-state index in [0.29, 0.717) is 31.2 Å². The van der Waals surface area contributed by atoms with Crippen LogP contribution in [-0.4, -0.2) is 56.8 Å². The first-order valence-electron chi connectivity index (χ1n) is 9.78. The number of rotatable bonds is 8. The summed E-state index contributed by atoms with van der Waals surface area (Å²) in [6, 6.07) is 4.61. The predicted molar refractivity (Wildman–Crippen MR) is 107 cm³/mol. The Hall–Kier alpha value is -1.68. The van der Waals surface area contributed by atoms with Gasteiger partial charge in [-0.1, -0.05) is 26.7 Å². The molecule has 0 amide bonds. The largest absolute Gasteiger partial charge is 0.419 e. The average Bonchev–Trinajstić information content (AvgIpc) is 2.99. The van der Waals surface area contributed by atoms with E-state index in [4.69, 9.17) is 9.15 Å². The van der Waals surface area contributed by atoms with E-state index >= 15 is 0 Å². The van der Waals surface area contributed by atoms with Crippen LogP contribution in [-0.2, 0) is 21.8 Å². The van der Waals surface area contributed by atoms with Crippen LogP contribution in [0.4, 0.5) is 0 Å². The number of nitrogens with zero attached hydrogens (tertiary/aromatic N) is 2. The molecule has 156 valence electrons. The van der Waals surface area contributed by atoms with Gasteiger partial charge in [-0.05, 0) is 18.1 Å². The fourth-order valence-corrected chi connectivity index (χ4v) is 4.96. The highest BCUT2D eigenvalue weighted by atomic mass is 32.2. The molecule has 0 bridgehead atoms. The summed E-state index contributed by atoms with van der Waals surface area (Å²) < 4.78 is 40.4. The zero-order valence-electron chi connectivity index (χ0n) is 16.7. The Morgan fingerprint density at radius 3 is 2.50 bits per heavy atom. The molecule has 1 fully saturated rings. The van der Waals surface area contributed by atoms with Crippen molar-refractivity contribution >= 4 is 21.1 Å². The lowest BCUT2D eigenvalue weighted by atomic mass is 9.92. The van der Waals surface area contributed by atoms with Crippen molar-refractivity contribution in [3.63, 3.8) is 0 Å². The molecule has 0 spiro atoms. The maximum atomic E-state index is 12.9. The lowest BCUT2D eigenvalue weighted by molar-refractivity contribution is 0.00297. The molecular formula is C19H29N3O5S. The third-order valence-electron chi connectivity index (χ3n) is 5.66. The number of aryl methyl sites for hydroxylation is 1. The van der Waals surface area contributed by atoms with Crippen molar-refractivity contribution in [2.45, 2.75) is 37.6 Å². The summed E-state index contributed by atoms with van der Waals surface area (Å²) in [7, 11) is -2.13. The average molecular weight is 412 g/mol. The molecule has 0 aliphatic carbocycles. The summed E-state index contributed by atoms with van der Waals surface area (Å²) in [6.45, 7) is 7.59. The molecular weight excluding hydrogens is 382 g/mol. The van der Waals surface area contributed by atoms with Gasteiger partial charge in [0.1, 0.15) is 0 Å². The third-order valence-corrected chi connectivity index (χ3v) is 7.09. The van der Waals surface area contributed by atoms with E-state index in [1.807, 2.05) is 0 Å². The van der Waals surface area contributed by atoms with Gasteiger partial charge in [0.2, 0.25) is 10.0 Å². The number of benzene rings is 1. The van der Waals surface area contributed by atoms with Gasteiger partial charge in [0.15, 0.2) is 5.58 Å². The SMILES string of the molecule is CCC(CC)C(CNS(=O)(=O)c1ccc2c(c1)oc(=O)n2C)N1CCOCC1. The predicted octanol–water partition coefficient (Wildman–Crippen LogP) is 1.55. The fraction of sp³-hybridized carbons (Fsp3) is 0.632. The number of sulfonamides is 1. The Kier molecular flexibility index (Phi) is 6.59. The molecule has 0 saturated carbocycles. The van der Waals surface area contributed by atoms with Crippen LogP contribution >= 0.6 is 0 Å². The topological polar surface area (TPSA) is 93.8 Å². The number of oxazole rings is 1. The highest BCUT2D eigenvalue weighted by Gasteiger charge is 2.28. The van der Waals surface area contributed by atoms with Crippen LogP contribution in [0.3, 0.4) is 0 Å². The van der Waals surface area contributed by atoms with Gasteiger partial charge in [-0.3, -0.25) is 9.47 Å². The Morgan fingerprint density at radius 2 is 1.86 bits per heavy atom. The van der Waals surface area contributed by atoms with Crippen molar-refractivity contribution in [3.05, 3.63) is 28.7 Å². The van der Waals surface area contributed by atoms with Crippen molar-refractivity contribution < 1.29 is 17.6 Å². The molecule has 1 aliphatic rings. The monoisotopic (exact) mass is 411 g/mol. The number of morpholine rings is 1. The highest BCUT2D eigenvalue weighted by molar-refractivity contribution is 7.89. The first-order chi connectivity index (χ1) is 13.4. The number of nitrogens with one attached hydrogen (secondary N) is 1. The molecule has 1 saturated heterocycles. The Labute approximate surface area is 165 Å². The van der Waals surface area contributed by atoms with Crippen LogP contribution in [0.5, 0.6) is 0 Å². The molecule has 2 aromatic rings. The van der Waals surface area contributed by atoms with Gasteiger partial charge in [0.05, 0.1) is 23.6 Å². The molecule has 3 rings (SSSR count). The molecule has 1 unspecified atom stereocenters. The molecule has 28 heavy (non-hydrogen) atoms. The maximum absolute atomic E-state index is 12.9. The number of aromatic nitrogens is 1. The summed E-state index contributed by atoms with van der Waals surface area (Å²) in [4.78, 5) is 14.1. The molecule has 1 N–H and O–H groups in total. The van der Waals surface area contributed by atoms with Gasteiger partial charge in [0, 0.05) is 38.8 Å². The summed E-state index contributed by atoms with van der Waals surface area (Å²) in [5.41, 5.74) is 0.826. The van der Waals surface area contributed by atoms with E-state index in [0.717, 1.165) is 25.9 Å². The lowest BCUT2D eigenvalue weighted by Gasteiger charge is -2.38. The maximum Gasteiger partial charge on any atom is 0.419 e. The third kappa shape index (κ3) is 4.32. The molecule has 9 heteroatoms. The van der Waals surface area contributed by atoms with E-state index in [1.54, 1.807) is 13.1 Å². The van der Waals surface area contributed by atoms with Crippen LogP contribution in [0, 0.1) is 5.92 Å². The number of fused-ring (bicyclic) bond motifs is 1. The minimum atomic E-state index is -3.72. The lowest BCUT2D eigenvalue weighted by Crippen LogP contribution is -2.52. The van der Waals surface area contributed by atoms with Crippen molar-refractivity contribution in [1.82, 2.24) is 14.2 Å². The molecule has 1 aromatic heterocycles. The van der Waals surface area contributed by atoms with Crippen molar-refractivity contribution in [2.24, 2.45) is 13.0 Å². The number of hydrogen-bond donors (Lipinski definition) is 1. The van der Waals surface area contributed by atoms with Gasteiger partial charge >= 0.3 is 5.76 Å². The van der Waals surface area contributed by atoms with E-state index < -0.39 is 15.8 Å². The van der Waals surface area contributed by atoms with Gasteiger partial charge in [-0.25, -0.2) is 17.9 Å². The van der Waals surface area contributed by atoms with E-state index in [2.05, 4.69) is 23.5 Å². The van der Waals surface area contributed by atoms with Crippen LogP contribution in [0.1, 0.15) is 26.7 Å². The number of ether oxygens (including phenoxy) is 1. The first-order valence-corrected chi connectivity index (χ1v) is 11.3. The van der Waals surface area contributed by atoms with Crippen LogP contribution in [0.25, 0.3) is 11.1 Å². The molecule has 0 radical (unpaired) electrons. The van der Waals surface area contributed by atoms with Crippen molar-refractivity contribution in [3.8, 4) is 0 Å². The summed E-state index contributed by atoms with van der Waals surface area (Å²) in [6.07, 6.45) is 1.97. The second kappa shape index (κ2) is 8.77. The summed E-state index contributed by atoms with van der Waals surface area (Å²) in [5, 5.41) is 0. The van der Waals surface area contributed by atoms with E-state index in [1.165, 1.54) is 16.7 Å². The first kappa shape index (κ1) is 21.0. The molecule has 1 atom stereocenters. The van der Waals surface area contributed by atoms with Gasteiger partial charge in [-0.2, -0.15) is 0 Å². The highest BCUT2D eigenvalue weighted by Crippen LogP contribution is 2.21. The minimum Gasteiger partial charge on any atom is -0.408 e. The molecule has 8 nitrogen and oxygen atoms in total. The summed E-state index contributed by atoms with van der Waals surface area (Å²) in [5.74, 6) is -0.117. The number of hydrogen-bond acceptors (Lipinski definition) is 6. The van der Waals surface area contributed by atoms with Crippen LogP contribution in [0.2, 0.25) is 0 Å². The van der Waals surface area contributed by atoms with E-state index in [9.17, 15) is 13.2 Å². The molecule has 1 aromatic carbocycles. The molecule has 1 aliphatic heterocycles.